The zero-order valence-corrected chi connectivity index (χ0v) is 13.8. The lowest BCUT2D eigenvalue weighted by Gasteiger charge is -2.09. The number of aryl methyl sites for hydroxylation is 2. The Balaban J connectivity index is 2.06. The molecular formula is C21H20N2. The van der Waals surface area contributed by atoms with Gasteiger partial charge in [-0.2, -0.15) is 0 Å². The number of hydrogen-bond donors (Lipinski definition) is 0. The number of benzene rings is 2. The summed E-state index contributed by atoms with van der Waals surface area (Å²) in [6, 6.07) is 17.2. The quantitative estimate of drug-likeness (QED) is 0.478. The Hall–Kier alpha value is -2.61. The van der Waals surface area contributed by atoms with Crippen molar-refractivity contribution in [3.8, 4) is 11.3 Å². The van der Waals surface area contributed by atoms with Gasteiger partial charge < -0.3 is 4.57 Å². The first-order valence-electron chi connectivity index (χ1n) is 8.14. The molecular weight excluding hydrogens is 280 g/mol. The maximum Gasteiger partial charge on any atom is 0.0945 e. The lowest BCUT2D eigenvalue weighted by Crippen LogP contribution is -1.98. The minimum atomic E-state index is 0.961. The third-order valence-corrected chi connectivity index (χ3v) is 4.88. The van der Waals surface area contributed by atoms with Gasteiger partial charge in [-0.15, -0.1) is 0 Å². The third kappa shape index (κ3) is 2.06. The highest BCUT2D eigenvalue weighted by Gasteiger charge is 2.15. The number of aromatic nitrogens is 2. The second-order valence-electron chi connectivity index (χ2n) is 6.07. The van der Waals surface area contributed by atoms with Gasteiger partial charge in [-0.3, -0.25) is 4.98 Å². The first-order chi connectivity index (χ1) is 11.2. The second kappa shape index (κ2) is 5.24. The Bertz CT molecular complexity index is 1020. The van der Waals surface area contributed by atoms with Crippen LogP contribution < -0.4 is 0 Å². The predicted molar refractivity (Wildman–Crippen MR) is 97.8 cm³/mol. The molecule has 2 nitrogen and oxygen atoms in total. The molecule has 0 fully saturated rings. The van der Waals surface area contributed by atoms with Gasteiger partial charge >= 0.3 is 0 Å². The summed E-state index contributed by atoms with van der Waals surface area (Å²) >= 11 is 0. The van der Waals surface area contributed by atoms with Crippen molar-refractivity contribution in [3.05, 3.63) is 66.0 Å². The van der Waals surface area contributed by atoms with Crippen molar-refractivity contribution in [2.45, 2.75) is 27.3 Å². The van der Waals surface area contributed by atoms with Crippen LogP contribution in [0.15, 0.2) is 54.7 Å². The van der Waals surface area contributed by atoms with Crippen LogP contribution in [0.4, 0.5) is 0 Å². The van der Waals surface area contributed by atoms with E-state index in [-0.39, 0.29) is 0 Å². The van der Waals surface area contributed by atoms with E-state index in [1.165, 1.54) is 38.5 Å². The lowest BCUT2D eigenvalue weighted by molar-refractivity contribution is 0.765. The molecule has 0 aliphatic heterocycles. The number of nitrogens with zero attached hydrogens (tertiary/aromatic N) is 2. The summed E-state index contributed by atoms with van der Waals surface area (Å²) < 4.78 is 2.38. The first kappa shape index (κ1) is 14.0. The van der Waals surface area contributed by atoms with Gasteiger partial charge in [0, 0.05) is 29.4 Å². The molecule has 2 heteroatoms. The number of fused-ring (bicyclic) bond motifs is 2. The van der Waals surface area contributed by atoms with Gasteiger partial charge in [0.2, 0.25) is 0 Å². The summed E-state index contributed by atoms with van der Waals surface area (Å²) in [7, 11) is 0. The topological polar surface area (TPSA) is 17.8 Å². The van der Waals surface area contributed by atoms with Gasteiger partial charge in [0.15, 0.2) is 0 Å². The van der Waals surface area contributed by atoms with E-state index in [9.17, 15) is 0 Å². The normalized spacial score (nSPS) is 11.4. The van der Waals surface area contributed by atoms with Gasteiger partial charge in [0.25, 0.3) is 0 Å². The Morgan fingerprint density at radius 1 is 0.957 bits per heavy atom. The van der Waals surface area contributed by atoms with Crippen molar-refractivity contribution in [1.29, 1.82) is 0 Å². The summed E-state index contributed by atoms with van der Waals surface area (Å²) in [5.74, 6) is 0. The average Bonchev–Trinajstić information content (AvgIpc) is 2.85. The van der Waals surface area contributed by atoms with E-state index >= 15 is 0 Å². The van der Waals surface area contributed by atoms with Crippen LogP contribution in [0.1, 0.15) is 18.2 Å². The van der Waals surface area contributed by atoms with Gasteiger partial charge in [0.1, 0.15) is 0 Å². The Labute approximate surface area is 136 Å². The molecule has 2 aromatic carbocycles. The van der Waals surface area contributed by atoms with Gasteiger partial charge in [-0.1, -0.05) is 36.4 Å². The fourth-order valence-electron chi connectivity index (χ4n) is 3.54. The summed E-state index contributed by atoms with van der Waals surface area (Å²) in [5.41, 5.74) is 6.19. The van der Waals surface area contributed by atoms with Crippen LogP contribution in [-0.2, 0) is 6.54 Å². The molecule has 2 heterocycles. The molecule has 4 aromatic rings. The van der Waals surface area contributed by atoms with Crippen LogP contribution in [0.5, 0.6) is 0 Å². The second-order valence-corrected chi connectivity index (χ2v) is 6.07. The lowest BCUT2D eigenvalue weighted by atomic mass is 10.0. The minimum Gasteiger partial charge on any atom is -0.343 e. The van der Waals surface area contributed by atoms with Crippen molar-refractivity contribution in [3.63, 3.8) is 0 Å². The molecule has 2 aromatic heterocycles. The van der Waals surface area contributed by atoms with E-state index < -0.39 is 0 Å². The molecule has 0 aliphatic rings. The van der Waals surface area contributed by atoms with E-state index in [1.807, 2.05) is 6.20 Å². The number of pyridine rings is 1. The Kier molecular flexibility index (Phi) is 3.19. The van der Waals surface area contributed by atoms with Gasteiger partial charge in [-0.05, 0) is 49.2 Å². The molecule has 0 spiro atoms. The van der Waals surface area contributed by atoms with Gasteiger partial charge in [0.05, 0.1) is 11.2 Å². The van der Waals surface area contributed by atoms with E-state index in [4.69, 9.17) is 4.98 Å². The largest absolute Gasteiger partial charge is 0.343 e. The molecule has 0 atom stereocenters. The summed E-state index contributed by atoms with van der Waals surface area (Å²) in [6.07, 6.45) is 1.93. The Morgan fingerprint density at radius 2 is 1.74 bits per heavy atom. The maximum absolute atomic E-state index is 4.73. The highest BCUT2D eigenvalue weighted by Crippen LogP contribution is 2.33. The first-order valence-corrected chi connectivity index (χ1v) is 8.14. The number of hydrogen-bond acceptors (Lipinski definition) is 1. The van der Waals surface area contributed by atoms with E-state index in [1.54, 1.807) is 0 Å². The van der Waals surface area contributed by atoms with Crippen molar-refractivity contribution in [2.24, 2.45) is 0 Å². The molecule has 0 N–H and O–H groups in total. The fraction of sp³-hybridized carbons (Fsp3) is 0.190. The molecule has 0 aliphatic carbocycles. The zero-order valence-electron chi connectivity index (χ0n) is 13.8. The minimum absolute atomic E-state index is 0.961. The molecule has 114 valence electrons. The smallest absolute Gasteiger partial charge is 0.0945 e. The van der Waals surface area contributed by atoms with Crippen molar-refractivity contribution in [2.75, 3.05) is 0 Å². The standard InChI is InChI=1S/C21H20N2/c1-4-23-15(3)14(2)19-11-12-22-20(21(19)23)18-10-9-16-7-5-6-8-17(16)13-18/h5-13H,4H2,1-3H3. The number of rotatable bonds is 2. The molecule has 0 amide bonds. The van der Waals surface area contributed by atoms with Crippen molar-refractivity contribution >= 4 is 21.7 Å². The monoisotopic (exact) mass is 300 g/mol. The van der Waals surface area contributed by atoms with Crippen LogP contribution in [0.3, 0.4) is 0 Å². The van der Waals surface area contributed by atoms with Crippen LogP contribution in [0, 0.1) is 13.8 Å². The average molecular weight is 300 g/mol. The molecule has 0 bridgehead atoms. The van der Waals surface area contributed by atoms with Crippen LogP contribution >= 0.6 is 0 Å². The van der Waals surface area contributed by atoms with E-state index in [0.717, 1.165) is 12.2 Å². The highest BCUT2D eigenvalue weighted by atomic mass is 15.0. The fourth-order valence-corrected chi connectivity index (χ4v) is 3.54. The van der Waals surface area contributed by atoms with Crippen LogP contribution in [-0.4, -0.2) is 9.55 Å². The van der Waals surface area contributed by atoms with E-state index in [2.05, 4.69) is 73.9 Å². The van der Waals surface area contributed by atoms with Gasteiger partial charge in [-0.25, -0.2) is 0 Å². The summed E-state index contributed by atoms with van der Waals surface area (Å²) in [4.78, 5) is 4.73. The Morgan fingerprint density at radius 3 is 2.52 bits per heavy atom. The third-order valence-electron chi connectivity index (χ3n) is 4.88. The SMILES string of the molecule is CCn1c(C)c(C)c2ccnc(-c3ccc4ccccc4c3)c21. The summed E-state index contributed by atoms with van der Waals surface area (Å²) in [5, 5.41) is 3.83. The molecule has 0 radical (unpaired) electrons. The van der Waals surface area contributed by atoms with Crippen molar-refractivity contribution in [1.82, 2.24) is 9.55 Å². The van der Waals surface area contributed by atoms with Crippen molar-refractivity contribution < 1.29 is 0 Å². The molecule has 0 saturated heterocycles. The summed E-state index contributed by atoms with van der Waals surface area (Å²) in [6.45, 7) is 7.56. The van der Waals surface area contributed by atoms with Crippen LogP contribution in [0.2, 0.25) is 0 Å². The highest BCUT2D eigenvalue weighted by molar-refractivity contribution is 5.97. The predicted octanol–water partition coefficient (Wildman–Crippen LogP) is 5.49. The van der Waals surface area contributed by atoms with Crippen LogP contribution in [0.25, 0.3) is 32.9 Å². The molecule has 0 saturated carbocycles. The molecule has 23 heavy (non-hydrogen) atoms. The molecule has 0 unspecified atom stereocenters. The maximum atomic E-state index is 4.73. The van der Waals surface area contributed by atoms with E-state index in [0.29, 0.717) is 0 Å². The zero-order chi connectivity index (χ0) is 16.0. The molecule has 4 rings (SSSR count).